The van der Waals surface area contributed by atoms with Crippen LogP contribution in [0.1, 0.15) is 6.42 Å². The third kappa shape index (κ3) is 3.50. The van der Waals surface area contributed by atoms with Gasteiger partial charge in [-0.2, -0.15) is 4.98 Å². The minimum absolute atomic E-state index is 0.0413. The highest BCUT2D eigenvalue weighted by Gasteiger charge is 2.44. The van der Waals surface area contributed by atoms with Crippen molar-refractivity contribution in [3.05, 3.63) is 48.5 Å². The summed E-state index contributed by atoms with van der Waals surface area (Å²) in [7, 11) is 3.11. The van der Waals surface area contributed by atoms with Crippen molar-refractivity contribution in [2.24, 2.45) is 0 Å². The van der Waals surface area contributed by atoms with Crippen molar-refractivity contribution < 1.29 is 17.9 Å². The Morgan fingerprint density at radius 1 is 1.25 bits per heavy atom. The molecule has 1 unspecified atom stereocenters. The summed E-state index contributed by atoms with van der Waals surface area (Å²) in [5, 5.41) is 7.78. The maximum absolute atomic E-state index is 14.6. The third-order valence-corrected chi connectivity index (χ3v) is 5.74. The lowest BCUT2D eigenvalue weighted by atomic mass is 10.0. The highest BCUT2D eigenvalue weighted by molar-refractivity contribution is 5.90. The van der Waals surface area contributed by atoms with Gasteiger partial charge < -0.3 is 15.0 Å². The Morgan fingerprint density at radius 2 is 2.09 bits per heavy atom. The molecule has 0 spiro atoms. The fraction of sp³-hybridized carbons (Fsp3) is 0.318. The van der Waals surface area contributed by atoms with Crippen molar-refractivity contribution in [3.63, 3.8) is 0 Å². The Morgan fingerprint density at radius 3 is 2.88 bits per heavy atom. The van der Waals surface area contributed by atoms with Crippen molar-refractivity contribution in [1.82, 2.24) is 24.5 Å². The number of hydrogen-bond acceptors (Lipinski definition) is 6. The molecule has 166 valence electrons. The Balaban J connectivity index is 1.55. The number of likely N-dealkylation sites (tertiary alicyclic amines) is 1. The number of anilines is 1. The maximum atomic E-state index is 14.6. The predicted octanol–water partition coefficient (Wildman–Crippen LogP) is 3.84. The fourth-order valence-corrected chi connectivity index (χ4v) is 4.18. The molecule has 0 bridgehead atoms. The normalized spacial score (nSPS) is 18.8. The lowest BCUT2D eigenvalue weighted by molar-refractivity contribution is -0.0675. The van der Waals surface area contributed by atoms with Crippen LogP contribution in [0.25, 0.3) is 27.5 Å². The first-order valence-corrected chi connectivity index (χ1v) is 10.2. The second kappa shape index (κ2) is 7.63. The average Bonchev–Trinajstić information content (AvgIpc) is 3.19. The van der Waals surface area contributed by atoms with Crippen molar-refractivity contribution in [2.45, 2.75) is 18.4 Å². The van der Waals surface area contributed by atoms with Crippen LogP contribution in [-0.4, -0.2) is 63.7 Å². The Bertz CT molecular complexity index is 1310. The number of fused-ring (bicyclic) bond motifs is 2. The first-order chi connectivity index (χ1) is 15.4. The van der Waals surface area contributed by atoms with E-state index in [0.717, 1.165) is 0 Å². The van der Waals surface area contributed by atoms with Gasteiger partial charge in [0.25, 0.3) is 5.92 Å². The molecule has 1 atom stereocenters. The van der Waals surface area contributed by atoms with Gasteiger partial charge in [0.15, 0.2) is 0 Å². The van der Waals surface area contributed by atoms with Crippen LogP contribution in [0.15, 0.2) is 42.7 Å². The molecule has 7 nitrogen and oxygen atoms in total. The Kier molecular flexibility index (Phi) is 4.89. The molecule has 0 radical (unpaired) electrons. The molecule has 4 heterocycles. The highest BCUT2D eigenvalue weighted by Crippen LogP contribution is 2.34. The lowest BCUT2D eigenvalue weighted by Crippen LogP contribution is -2.53. The van der Waals surface area contributed by atoms with Gasteiger partial charge in [-0.25, -0.2) is 17.7 Å². The number of aromatic nitrogens is 4. The monoisotopic (exact) mass is 442 g/mol. The van der Waals surface area contributed by atoms with E-state index in [4.69, 9.17) is 4.74 Å². The molecule has 0 aliphatic carbocycles. The van der Waals surface area contributed by atoms with Gasteiger partial charge in [-0.15, -0.1) is 5.10 Å². The molecule has 5 rings (SSSR count). The molecule has 1 saturated heterocycles. The topological polar surface area (TPSA) is 67.6 Å². The van der Waals surface area contributed by atoms with E-state index in [1.165, 1.54) is 23.9 Å². The first-order valence-electron chi connectivity index (χ1n) is 10.2. The summed E-state index contributed by atoms with van der Waals surface area (Å²) in [5.74, 6) is -3.12. The van der Waals surface area contributed by atoms with Crippen molar-refractivity contribution >= 4 is 22.4 Å². The summed E-state index contributed by atoms with van der Waals surface area (Å²) in [5.41, 5.74) is 2.06. The summed E-state index contributed by atoms with van der Waals surface area (Å²) in [6.07, 6.45) is 3.46. The number of nitrogens with one attached hydrogen (secondary N) is 1. The van der Waals surface area contributed by atoms with E-state index in [1.807, 2.05) is 6.07 Å². The molecule has 4 aromatic rings. The van der Waals surface area contributed by atoms with Crippen LogP contribution in [0.3, 0.4) is 0 Å². The molecule has 1 fully saturated rings. The van der Waals surface area contributed by atoms with Gasteiger partial charge in [-0.3, -0.25) is 4.98 Å². The van der Waals surface area contributed by atoms with Gasteiger partial charge in [-0.05, 0) is 43.3 Å². The smallest absolute Gasteiger partial charge is 0.280 e. The summed E-state index contributed by atoms with van der Waals surface area (Å²) in [6.45, 7) is 0.211. The molecule has 1 aromatic carbocycles. The van der Waals surface area contributed by atoms with Gasteiger partial charge in [0, 0.05) is 29.9 Å². The molecule has 0 amide bonds. The Hall–Kier alpha value is -3.40. The molecule has 10 heteroatoms. The second-order valence-electron chi connectivity index (χ2n) is 7.98. The lowest BCUT2D eigenvalue weighted by Gasteiger charge is -2.36. The first kappa shape index (κ1) is 20.5. The molecule has 1 aliphatic heterocycles. The number of halogens is 3. The standard InChI is InChI=1S/C22H21F3N6O/c1-30-8-6-17(22(24,25)12-30)27-21-28-20(32-2)19-15(5-9-31(19)29-21)14-10-13-4-3-7-26-18(13)16(23)11-14/h3-5,7,9-11,17H,6,8,12H2,1-2H3,(H,27,29). The summed E-state index contributed by atoms with van der Waals surface area (Å²) < 4.78 is 50.5. The van der Waals surface area contributed by atoms with E-state index < -0.39 is 17.8 Å². The van der Waals surface area contributed by atoms with Crippen LogP contribution < -0.4 is 10.1 Å². The molecular weight excluding hydrogens is 421 g/mol. The molecule has 3 aromatic heterocycles. The highest BCUT2D eigenvalue weighted by atomic mass is 19.3. The van der Waals surface area contributed by atoms with Crippen LogP contribution in [0.4, 0.5) is 19.1 Å². The van der Waals surface area contributed by atoms with Gasteiger partial charge in [0.05, 0.1) is 19.7 Å². The predicted molar refractivity (Wildman–Crippen MR) is 115 cm³/mol. The van der Waals surface area contributed by atoms with Crippen molar-refractivity contribution in [1.29, 1.82) is 0 Å². The zero-order valence-electron chi connectivity index (χ0n) is 17.5. The van der Waals surface area contributed by atoms with Gasteiger partial charge in [0.2, 0.25) is 11.8 Å². The molecule has 32 heavy (non-hydrogen) atoms. The number of alkyl halides is 2. The fourth-order valence-electron chi connectivity index (χ4n) is 4.18. The Labute approximate surface area is 181 Å². The van der Waals surface area contributed by atoms with Crippen LogP contribution in [0.2, 0.25) is 0 Å². The largest absolute Gasteiger partial charge is 0.479 e. The molecular formula is C22H21F3N6O. The number of methoxy groups -OCH3 is 1. The quantitative estimate of drug-likeness (QED) is 0.518. The van der Waals surface area contributed by atoms with E-state index in [9.17, 15) is 13.2 Å². The summed E-state index contributed by atoms with van der Waals surface area (Å²) >= 11 is 0. The number of hydrogen-bond donors (Lipinski definition) is 1. The van der Waals surface area contributed by atoms with Crippen molar-refractivity contribution in [2.75, 3.05) is 32.6 Å². The summed E-state index contributed by atoms with van der Waals surface area (Å²) in [6, 6.07) is 7.42. The average molecular weight is 442 g/mol. The number of nitrogens with zero attached hydrogens (tertiary/aromatic N) is 5. The number of pyridine rings is 1. The van der Waals surface area contributed by atoms with Gasteiger partial charge in [-0.1, -0.05) is 6.07 Å². The van der Waals surface area contributed by atoms with Crippen LogP contribution in [0, 0.1) is 5.82 Å². The van der Waals surface area contributed by atoms with Gasteiger partial charge >= 0.3 is 0 Å². The van der Waals surface area contributed by atoms with E-state index >= 15 is 0 Å². The van der Waals surface area contributed by atoms with E-state index in [-0.39, 0.29) is 30.3 Å². The van der Waals surface area contributed by atoms with Crippen LogP contribution in [0.5, 0.6) is 5.88 Å². The van der Waals surface area contributed by atoms with Crippen LogP contribution in [-0.2, 0) is 0 Å². The minimum Gasteiger partial charge on any atom is -0.479 e. The minimum atomic E-state index is -2.92. The van der Waals surface area contributed by atoms with Gasteiger partial charge in [0.1, 0.15) is 16.9 Å². The zero-order valence-corrected chi connectivity index (χ0v) is 17.5. The number of benzene rings is 1. The van der Waals surface area contributed by atoms with E-state index in [0.29, 0.717) is 28.6 Å². The SMILES string of the molecule is COc1nc(NC2CCN(C)CC2(F)F)nn2ccc(-c3cc(F)c4ncccc4c3)c12. The third-order valence-electron chi connectivity index (χ3n) is 5.74. The molecule has 1 N–H and O–H groups in total. The van der Waals surface area contributed by atoms with E-state index in [1.54, 1.807) is 36.3 Å². The van der Waals surface area contributed by atoms with E-state index in [2.05, 4.69) is 20.4 Å². The van der Waals surface area contributed by atoms with Crippen molar-refractivity contribution in [3.8, 4) is 17.0 Å². The maximum Gasteiger partial charge on any atom is 0.280 e. The zero-order chi connectivity index (χ0) is 22.5. The second-order valence-corrected chi connectivity index (χ2v) is 7.98. The molecule has 1 aliphatic rings. The number of piperidine rings is 1. The summed E-state index contributed by atoms with van der Waals surface area (Å²) in [4.78, 5) is 10.00. The number of ether oxygens (including phenoxy) is 1. The number of rotatable bonds is 4. The molecule has 0 saturated carbocycles. The van der Waals surface area contributed by atoms with Crippen LogP contribution >= 0.6 is 0 Å².